The molecule has 1 aromatic rings. The molecule has 1 amide bonds. The number of benzene rings is 1. The molecule has 3 rings (SSSR count). The number of hydrogen-bond acceptors (Lipinski definition) is 5. The molecule has 2 aliphatic rings. The van der Waals surface area contributed by atoms with Crippen LogP contribution in [0.4, 0.5) is 10.1 Å². The first-order valence-electron chi connectivity index (χ1n) is 7.68. The average molecular weight is 336 g/mol. The number of amides is 1. The molecule has 24 heavy (non-hydrogen) atoms. The minimum absolute atomic E-state index is 0.186. The molecule has 0 radical (unpaired) electrons. The molecule has 0 aromatic heterocycles. The molecule has 1 spiro atoms. The Morgan fingerprint density at radius 1 is 1.29 bits per heavy atom. The Balaban J connectivity index is 1.65. The molecule has 2 aliphatic heterocycles. The summed E-state index contributed by atoms with van der Waals surface area (Å²) in [5.74, 6) is -1.50. The maximum atomic E-state index is 13.1. The van der Waals surface area contributed by atoms with Gasteiger partial charge >= 0.3 is 0 Å². The summed E-state index contributed by atoms with van der Waals surface area (Å²) < 4.78 is 24.3. The van der Waals surface area contributed by atoms with E-state index in [1.54, 1.807) is 4.90 Å². The van der Waals surface area contributed by atoms with Gasteiger partial charge in [0.05, 0.1) is 29.8 Å². The van der Waals surface area contributed by atoms with Crippen molar-refractivity contribution in [1.29, 1.82) is 0 Å². The van der Waals surface area contributed by atoms with Crippen LogP contribution in [-0.4, -0.2) is 47.8 Å². The molecule has 128 valence electrons. The summed E-state index contributed by atoms with van der Waals surface area (Å²) in [7, 11) is 0. The van der Waals surface area contributed by atoms with Gasteiger partial charge in [-0.3, -0.25) is 14.9 Å². The standard InChI is InChI=1S/C16H17FN2O5/c17-13-3-1-12(14(11-13)19(21)22)2-4-15(20)18-7-5-16(6-8-18)23-9-10-24-16/h1-4,11H,5-10H2. The maximum absolute atomic E-state index is 13.1. The van der Waals surface area contributed by atoms with Crippen LogP contribution < -0.4 is 0 Å². The quantitative estimate of drug-likeness (QED) is 0.480. The van der Waals surface area contributed by atoms with Gasteiger partial charge < -0.3 is 14.4 Å². The Hall–Kier alpha value is -2.32. The number of rotatable bonds is 3. The van der Waals surface area contributed by atoms with E-state index in [9.17, 15) is 19.3 Å². The topological polar surface area (TPSA) is 81.9 Å². The molecule has 0 bridgehead atoms. The summed E-state index contributed by atoms with van der Waals surface area (Å²) in [5, 5.41) is 10.9. The number of hydrogen-bond donors (Lipinski definition) is 0. The normalized spacial score (nSPS) is 20.0. The number of piperidine rings is 1. The molecular weight excluding hydrogens is 319 g/mol. The van der Waals surface area contributed by atoms with Gasteiger partial charge in [-0.1, -0.05) is 0 Å². The van der Waals surface area contributed by atoms with E-state index in [2.05, 4.69) is 0 Å². The summed E-state index contributed by atoms with van der Waals surface area (Å²) >= 11 is 0. The fourth-order valence-electron chi connectivity index (χ4n) is 2.94. The van der Waals surface area contributed by atoms with Gasteiger partial charge in [0.25, 0.3) is 5.69 Å². The van der Waals surface area contributed by atoms with Gasteiger partial charge in [-0.25, -0.2) is 4.39 Å². The predicted octanol–water partition coefficient (Wildman–Crippen LogP) is 2.11. The van der Waals surface area contributed by atoms with E-state index in [1.807, 2.05) is 0 Å². The second-order valence-corrected chi connectivity index (χ2v) is 5.73. The fraction of sp³-hybridized carbons (Fsp3) is 0.438. The summed E-state index contributed by atoms with van der Waals surface area (Å²) in [5.41, 5.74) is -0.185. The number of carbonyl (C=O) groups is 1. The number of carbonyl (C=O) groups excluding carboxylic acids is 1. The summed E-state index contributed by atoms with van der Waals surface area (Å²) in [6, 6.07) is 3.24. The van der Waals surface area contributed by atoms with Crippen molar-refractivity contribution in [2.45, 2.75) is 18.6 Å². The van der Waals surface area contributed by atoms with Crippen LogP contribution in [0, 0.1) is 15.9 Å². The van der Waals surface area contributed by atoms with Crippen molar-refractivity contribution in [2.24, 2.45) is 0 Å². The first kappa shape index (κ1) is 16.5. The van der Waals surface area contributed by atoms with Crippen molar-refractivity contribution >= 4 is 17.7 Å². The van der Waals surface area contributed by atoms with Gasteiger partial charge in [0, 0.05) is 32.0 Å². The van der Waals surface area contributed by atoms with Crippen molar-refractivity contribution in [2.75, 3.05) is 26.3 Å². The lowest BCUT2D eigenvalue weighted by atomic mass is 10.0. The number of halogens is 1. The minimum Gasteiger partial charge on any atom is -0.347 e. The highest BCUT2D eigenvalue weighted by molar-refractivity contribution is 5.92. The van der Waals surface area contributed by atoms with E-state index in [-0.39, 0.29) is 17.2 Å². The number of likely N-dealkylation sites (tertiary alicyclic amines) is 1. The Labute approximate surface area is 137 Å². The van der Waals surface area contributed by atoms with Crippen molar-refractivity contribution in [3.05, 3.63) is 45.8 Å². The van der Waals surface area contributed by atoms with Crippen molar-refractivity contribution < 1.29 is 23.6 Å². The highest BCUT2D eigenvalue weighted by Gasteiger charge is 2.40. The van der Waals surface area contributed by atoms with E-state index in [0.717, 1.165) is 12.1 Å². The van der Waals surface area contributed by atoms with Gasteiger partial charge in [0.15, 0.2) is 5.79 Å². The lowest BCUT2D eigenvalue weighted by Gasteiger charge is -2.37. The van der Waals surface area contributed by atoms with Crippen LogP contribution in [0.2, 0.25) is 0 Å². The third kappa shape index (κ3) is 3.44. The lowest BCUT2D eigenvalue weighted by molar-refractivity contribution is -0.385. The van der Waals surface area contributed by atoms with Crippen LogP contribution in [0.3, 0.4) is 0 Å². The minimum atomic E-state index is -0.692. The zero-order valence-corrected chi connectivity index (χ0v) is 12.9. The lowest BCUT2D eigenvalue weighted by Crippen LogP contribution is -2.46. The van der Waals surface area contributed by atoms with E-state index in [4.69, 9.17) is 9.47 Å². The summed E-state index contributed by atoms with van der Waals surface area (Å²) in [6.45, 7) is 2.13. The van der Waals surface area contributed by atoms with Gasteiger partial charge in [0.1, 0.15) is 5.82 Å². The summed E-state index contributed by atoms with van der Waals surface area (Å²) in [6.07, 6.45) is 3.81. The van der Waals surface area contributed by atoms with Crippen LogP contribution in [-0.2, 0) is 14.3 Å². The predicted molar refractivity (Wildman–Crippen MR) is 82.5 cm³/mol. The first-order chi connectivity index (χ1) is 11.5. The van der Waals surface area contributed by atoms with Gasteiger partial charge in [-0.15, -0.1) is 0 Å². The highest BCUT2D eigenvalue weighted by atomic mass is 19.1. The third-order valence-corrected chi connectivity index (χ3v) is 4.25. The molecule has 2 saturated heterocycles. The van der Waals surface area contributed by atoms with Crippen LogP contribution in [0.1, 0.15) is 18.4 Å². The molecule has 1 aromatic carbocycles. The Kier molecular flexibility index (Phi) is 4.59. The van der Waals surface area contributed by atoms with Gasteiger partial charge in [0.2, 0.25) is 5.91 Å². The Morgan fingerprint density at radius 3 is 2.58 bits per heavy atom. The maximum Gasteiger partial charge on any atom is 0.279 e. The molecule has 0 unspecified atom stereocenters. The smallest absolute Gasteiger partial charge is 0.279 e. The van der Waals surface area contributed by atoms with Crippen LogP contribution in [0.15, 0.2) is 24.3 Å². The molecule has 0 atom stereocenters. The Morgan fingerprint density at radius 2 is 1.96 bits per heavy atom. The highest BCUT2D eigenvalue weighted by Crippen LogP contribution is 2.31. The Bertz CT molecular complexity index is 675. The molecule has 8 heteroatoms. The molecule has 0 N–H and O–H groups in total. The zero-order valence-electron chi connectivity index (χ0n) is 12.9. The SMILES string of the molecule is O=C(C=Cc1ccc(F)cc1[N+](=O)[O-])N1CCC2(CC1)OCCO2. The van der Waals surface area contributed by atoms with Crippen molar-refractivity contribution in [1.82, 2.24) is 4.90 Å². The van der Waals surface area contributed by atoms with E-state index in [0.29, 0.717) is 39.1 Å². The second-order valence-electron chi connectivity index (χ2n) is 5.73. The zero-order chi connectivity index (χ0) is 17.2. The van der Waals surface area contributed by atoms with E-state index >= 15 is 0 Å². The van der Waals surface area contributed by atoms with Crippen LogP contribution in [0.25, 0.3) is 6.08 Å². The fourth-order valence-corrected chi connectivity index (χ4v) is 2.94. The molecular formula is C16H17FN2O5. The van der Waals surface area contributed by atoms with Gasteiger partial charge in [-0.2, -0.15) is 0 Å². The molecule has 0 aliphatic carbocycles. The third-order valence-electron chi connectivity index (χ3n) is 4.25. The molecule has 2 fully saturated rings. The van der Waals surface area contributed by atoms with Crippen LogP contribution >= 0.6 is 0 Å². The molecule has 0 saturated carbocycles. The second kappa shape index (κ2) is 6.66. The van der Waals surface area contributed by atoms with Crippen LogP contribution in [0.5, 0.6) is 0 Å². The van der Waals surface area contributed by atoms with Gasteiger partial charge in [-0.05, 0) is 18.2 Å². The van der Waals surface area contributed by atoms with Crippen molar-refractivity contribution in [3.8, 4) is 0 Å². The first-order valence-corrected chi connectivity index (χ1v) is 7.68. The number of nitro groups is 1. The number of nitrogens with zero attached hydrogens (tertiary/aromatic N) is 2. The molecule has 2 heterocycles. The van der Waals surface area contributed by atoms with E-state index < -0.39 is 16.5 Å². The molecule has 7 nitrogen and oxygen atoms in total. The number of nitro benzene ring substituents is 1. The summed E-state index contributed by atoms with van der Waals surface area (Å²) in [4.78, 5) is 24.1. The van der Waals surface area contributed by atoms with Crippen molar-refractivity contribution in [3.63, 3.8) is 0 Å². The number of ether oxygens (including phenoxy) is 2. The monoisotopic (exact) mass is 336 g/mol. The largest absolute Gasteiger partial charge is 0.347 e. The average Bonchev–Trinajstić information content (AvgIpc) is 3.02. The van der Waals surface area contributed by atoms with E-state index in [1.165, 1.54) is 18.2 Å².